The molecule has 1 aliphatic rings. The largest absolute Gasteiger partial charge is 0.506 e. The third-order valence-corrected chi connectivity index (χ3v) is 3.52. The van der Waals surface area contributed by atoms with Crippen LogP contribution in [-0.2, 0) is 0 Å². The summed E-state index contributed by atoms with van der Waals surface area (Å²) in [4.78, 5) is 0.981. The summed E-state index contributed by atoms with van der Waals surface area (Å²) < 4.78 is 0. The molecule has 0 radical (unpaired) electrons. The summed E-state index contributed by atoms with van der Waals surface area (Å²) >= 11 is 1.60. The van der Waals surface area contributed by atoms with Crippen LogP contribution in [0.4, 0.5) is 0 Å². The van der Waals surface area contributed by atoms with Crippen molar-refractivity contribution in [1.29, 1.82) is 0 Å². The van der Waals surface area contributed by atoms with Crippen LogP contribution in [0.5, 0.6) is 5.75 Å². The number of nitrogens with one attached hydrogen (secondary N) is 1. The van der Waals surface area contributed by atoms with E-state index in [0.29, 0.717) is 11.7 Å². The lowest BCUT2D eigenvalue weighted by Gasteiger charge is -2.12. The van der Waals surface area contributed by atoms with Gasteiger partial charge >= 0.3 is 0 Å². The van der Waals surface area contributed by atoms with E-state index in [-0.39, 0.29) is 0 Å². The highest BCUT2D eigenvalue weighted by Gasteiger charge is 2.20. The molecule has 1 unspecified atom stereocenters. The van der Waals surface area contributed by atoms with Gasteiger partial charge < -0.3 is 10.4 Å². The Morgan fingerprint density at radius 3 is 3.00 bits per heavy atom. The summed E-state index contributed by atoms with van der Waals surface area (Å²) in [5.74, 6) is 0.968. The molecule has 2 rings (SSSR count). The Bertz CT molecular complexity index is 321. The Labute approximate surface area is 88.7 Å². The number of thioether (sulfide) groups is 1. The Kier molecular flexibility index (Phi) is 2.99. The van der Waals surface area contributed by atoms with Crippen molar-refractivity contribution >= 4 is 11.8 Å². The predicted molar refractivity (Wildman–Crippen MR) is 60.1 cm³/mol. The van der Waals surface area contributed by atoms with Gasteiger partial charge in [-0.05, 0) is 30.9 Å². The van der Waals surface area contributed by atoms with Gasteiger partial charge in [0.2, 0.25) is 0 Å². The van der Waals surface area contributed by atoms with Gasteiger partial charge in [0.05, 0.1) is 0 Å². The summed E-state index contributed by atoms with van der Waals surface area (Å²) in [6, 6.07) is 6.03. The number of hydrogen-bond acceptors (Lipinski definition) is 3. The quantitative estimate of drug-likeness (QED) is 0.732. The van der Waals surface area contributed by atoms with Crippen molar-refractivity contribution in [3.05, 3.63) is 23.8 Å². The highest BCUT2D eigenvalue weighted by atomic mass is 32.2. The Morgan fingerprint density at radius 2 is 2.36 bits per heavy atom. The second-order valence-corrected chi connectivity index (χ2v) is 4.44. The fourth-order valence-electron chi connectivity index (χ4n) is 1.95. The second kappa shape index (κ2) is 4.24. The Hall–Kier alpha value is -0.670. The number of rotatable bonds is 2. The van der Waals surface area contributed by atoms with Crippen molar-refractivity contribution in [2.24, 2.45) is 0 Å². The van der Waals surface area contributed by atoms with Gasteiger partial charge in [0.15, 0.2) is 0 Å². The first-order chi connectivity index (χ1) is 6.83. The maximum Gasteiger partial charge on any atom is 0.132 e. The van der Waals surface area contributed by atoms with Gasteiger partial charge in [0.25, 0.3) is 0 Å². The number of aromatic hydroxyl groups is 1. The number of hydrogen-bond donors (Lipinski definition) is 2. The van der Waals surface area contributed by atoms with E-state index in [9.17, 15) is 5.11 Å². The monoisotopic (exact) mass is 209 g/mol. The van der Waals surface area contributed by atoms with Gasteiger partial charge in [-0.3, -0.25) is 0 Å². The minimum absolute atomic E-state index is 0.480. The predicted octanol–water partition coefficient (Wildman–Crippen LogP) is 2.19. The molecule has 1 fully saturated rings. The zero-order chi connectivity index (χ0) is 9.97. The highest BCUT2D eigenvalue weighted by molar-refractivity contribution is 7.98. The van der Waals surface area contributed by atoms with E-state index in [1.165, 1.54) is 0 Å². The highest BCUT2D eigenvalue weighted by Crippen LogP contribution is 2.36. The van der Waals surface area contributed by atoms with Crippen LogP contribution in [0.2, 0.25) is 0 Å². The van der Waals surface area contributed by atoms with Gasteiger partial charge in [-0.1, -0.05) is 12.1 Å². The first-order valence-corrected chi connectivity index (χ1v) is 6.12. The minimum Gasteiger partial charge on any atom is -0.506 e. The summed E-state index contributed by atoms with van der Waals surface area (Å²) in [7, 11) is 0. The van der Waals surface area contributed by atoms with Gasteiger partial charge in [-0.15, -0.1) is 11.8 Å². The molecule has 0 aliphatic carbocycles. The van der Waals surface area contributed by atoms with Crippen molar-refractivity contribution in [3.8, 4) is 5.75 Å². The third-order valence-electron chi connectivity index (χ3n) is 2.75. The lowest BCUT2D eigenvalue weighted by Crippen LogP contribution is -2.08. The first-order valence-electron chi connectivity index (χ1n) is 4.89. The SMILES string of the molecule is CSc1cccc(C2CCNC2)c1O. The normalized spacial score (nSPS) is 21.4. The molecule has 1 aromatic carbocycles. The molecular weight excluding hydrogens is 194 g/mol. The van der Waals surface area contributed by atoms with E-state index in [1.807, 2.05) is 24.5 Å². The Morgan fingerprint density at radius 1 is 1.50 bits per heavy atom. The number of phenolic OH excluding ortho intramolecular Hbond substituents is 1. The maximum atomic E-state index is 10.0. The number of para-hydroxylation sites is 1. The molecule has 3 heteroatoms. The number of phenols is 1. The van der Waals surface area contributed by atoms with E-state index in [0.717, 1.165) is 30.0 Å². The fraction of sp³-hybridized carbons (Fsp3) is 0.455. The molecule has 1 atom stereocenters. The lowest BCUT2D eigenvalue weighted by atomic mass is 9.97. The zero-order valence-electron chi connectivity index (χ0n) is 8.29. The van der Waals surface area contributed by atoms with Gasteiger partial charge in [0.1, 0.15) is 5.75 Å². The van der Waals surface area contributed by atoms with Crippen LogP contribution in [-0.4, -0.2) is 24.5 Å². The van der Waals surface area contributed by atoms with Crippen molar-refractivity contribution in [1.82, 2.24) is 5.32 Å². The smallest absolute Gasteiger partial charge is 0.132 e. The van der Waals surface area contributed by atoms with E-state index in [1.54, 1.807) is 11.8 Å². The molecule has 2 N–H and O–H groups in total. The Balaban J connectivity index is 2.32. The molecule has 0 bridgehead atoms. The molecule has 1 aromatic rings. The zero-order valence-corrected chi connectivity index (χ0v) is 9.10. The van der Waals surface area contributed by atoms with Crippen LogP contribution in [0.25, 0.3) is 0 Å². The van der Waals surface area contributed by atoms with Crippen molar-refractivity contribution in [2.45, 2.75) is 17.2 Å². The van der Waals surface area contributed by atoms with Crippen molar-refractivity contribution in [2.75, 3.05) is 19.3 Å². The van der Waals surface area contributed by atoms with Crippen molar-refractivity contribution < 1.29 is 5.11 Å². The summed E-state index contributed by atoms with van der Waals surface area (Å²) in [6.07, 6.45) is 3.12. The topological polar surface area (TPSA) is 32.3 Å². The molecule has 0 aromatic heterocycles. The van der Waals surface area contributed by atoms with Crippen LogP contribution < -0.4 is 5.32 Å². The molecule has 76 valence electrons. The summed E-state index contributed by atoms with van der Waals surface area (Å²) in [6.45, 7) is 2.05. The van der Waals surface area contributed by atoms with Crippen molar-refractivity contribution in [3.63, 3.8) is 0 Å². The third kappa shape index (κ3) is 1.74. The molecule has 0 spiro atoms. The van der Waals surface area contributed by atoms with Gasteiger partial charge in [-0.25, -0.2) is 0 Å². The molecule has 1 aliphatic heterocycles. The molecule has 1 heterocycles. The first kappa shape index (κ1) is 9.87. The van der Waals surface area contributed by atoms with Crippen LogP contribution in [0.1, 0.15) is 17.9 Å². The average molecular weight is 209 g/mol. The van der Waals surface area contributed by atoms with Crippen LogP contribution >= 0.6 is 11.8 Å². The molecule has 14 heavy (non-hydrogen) atoms. The van der Waals surface area contributed by atoms with E-state index < -0.39 is 0 Å². The average Bonchev–Trinajstić information content (AvgIpc) is 2.71. The van der Waals surface area contributed by atoms with Gasteiger partial charge in [-0.2, -0.15) is 0 Å². The molecule has 0 amide bonds. The van der Waals surface area contributed by atoms with Gasteiger partial charge in [0, 0.05) is 17.4 Å². The second-order valence-electron chi connectivity index (χ2n) is 3.59. The van der Waals surface area contributed by atoms with E-state index in [2.05, 4.69) is 5.32 Å². The minimum atomic E-state index is 0.480. The summed E-state index contributed by atoms with van der Waals surface area (Å²) in [5, 5.41) is 13.3. The molecule has 0 saturated carbocycles. The van der Waals surface area contributed by atoms with Crippen LogP contribution in [0.15, 0.2) is 23.1 Å². The fourth-order valence-corrected chi connectivity index (χ4v) is 2.48. The molecular formula is C11H15NOS. The maximum absolute atomic E-state index is 10.0. The number of benzene rings is 1. The molecule has 1 saturated heterocycles. The van der Waals surface area contributed by atoms with Crippen LogP contribution in [0.3, 0.4) is 0 Å². The van der Waals surface area contributed by atoms with Crippen LogP contribution in [0, 0.1) is 0 Å². The molecule has 2 nitrogen and oxygen atoms in total. The standard InChI is InChI=1S/C11H15NOS/c1-14-10-4-2-3-9(11(10)13)8-5-6-12-7-8/h2-4,8,12-13H,5-7H2,1H3. The lowest BCUT2D eigenvalue weighted by molar-refractivity contribution is 0.450. The van der Waals surface area contributed by atoms with E-state index >= 15 is 0 Å². The van der Waals surface area contributed by atoms with E-state index in [4.69, 9.17) is 0 Å². The summed E-state index contributed by atoms with van der Waals surface area (Å²) in [5.41, 5.74) is 1.10.